The van der Waals surface area contributed by atoms with Crippen molar-refractivity contribution in [3.8, 4) is 0 Å². The van der Waals surface area contributed by atoms with E-state index in [4.69, 9.17) is 9.84 Å². The minimum absolute atomic E-state index is 0.0645. The molecule has 1 aromatic carbocycles. The highest BCUT2D eigenvalue weighted by Gasteiger charge is 2.22. The van der Waals surface area contributed by atoms with Gasteiger partial charge in [-0.15, -0.1) is 0 Å². The lowest BCUT2D eigenvalue weighted by Gasteiger charge is -2.26. The second-order valence-electron chi connectivity index (χ2n) is 4.50. The average Bonchev–Trinajstić information content (AvgIpc) is 2.50. The maximum absolute atomic E-state index is 11.5. The van der Waals surface area contributed by atoms with Crippen LogP contribution in [-0.2, 0) is 20.7 Å². The Morgan fingerprint density at radius 2 is 2.00 bits per heavy atom. The molecule has 20 heavy (non-hydrogen) atoms. The van der Waals surface area contributed by atoms with E-state index in [0.29, 0.717) is 6.61 Å². The Hall–Kier alpha value is -1.92. The highest BCUT2D eigenvalue weighted by atomic mass is 16.5. The SMILES string of the molecule is O=C(NCCO)C(=O)NC[C@@H]1OCCc2ccccc21. The van der Waals surface area contributed by atoms with Gasteiger partial charge >= 0.3 is 11.8 Å². The van der Waals surface area contributed by atoms with Crippen molar-refractivity contribution in [2.24, 2.45) is 0 Å². The fourth-order valence-electron chi connectivity index (χ4n) is 2.16. The maximum atomic E-state index is 11.5. The number of carbonyl (C=O) groups excluding carboxylic acids is 2. The molecule has 0 spiro atoms. The Morgan fingerprint density at radius 1 is 1.25 bits per heavy atom. The number of hydrogen-bond donors (Lipinski definition) is 3. The van der Waals surface area contributed by atoms with E-state index < -0.39 is 11.8 Å². The number of carbonyl (C=O) groups is 2. The first-order valence-electron chi connectivity index (χ1n) is 6.58. The Kier molecular flexibility index (Phi) is 5.09. The smallest absolute Gasteiger partial charge is 0.309 e. The molecular weight excluding hydrogens is 260 g/mol. The summed E-state index contributed by atoms with van der Waals surface area (Å²) < 4.78 is 5.63. The zero-order valence-corrected chi connectivity index (χ0v) is 11.1. The highest BCUT2D eigenvalue weighted by Crippen LogP contribution is 2.25. The van der Waals surface area contributed by atoms with Crippen molar-refractivity contribution in [2.75, 3.05) is 26.3 Å². The fraction of sp³-hybridized carbons (Fsp3) is 0.429. The molecule has 3 N–H and O–H groups in total. The molecule has 108 valence electrons. The number of hydrogen-bond acceptors (Lipinski definition) is 4. The lowest BCUT2D eigenvalue weighted by atomic mass is 9.97. The first kappa shape index (κ1) is 14.5. The van der Waals surface area contributed by atoms with Gasteiger partial charge in [0, 0.05) is 13.1 Å². The Bertz CT molecular complexity index is 490. The van der Waals surface area contributed by atoms with Crippen LogP contribution in [0.5, 0.6) is 0 Å². The number of nitrogens with one attached hydrogen (secondary N) is 2. The van der Waals surface area contributed by atoms with Gasteiger partial charge in [-0.25, -0.2) is 0 Å². The zero-order valence-electron chi connectivity index (χ0n) is 11.1. The van der Waals surface area contributed by atoms with E-state index in [-0.39, 0.29) is 25.8 Å². The summed E-state index contributed by atoms with van der Waals surface area (Å²) in [6.45, 7) is 0.726. The number of aliphatic hydroxyl groups excluding tert-OH is 1. The second kappa shape index (κ2) is 7.02. The van der Waals surface area contributed by atoms with Crippen LogP contribution in [0.2, 0.25) is 0 Å². The number of fused-ring (bicyclic) bond motifs is 1. The normalized spacial score (nSPS) is 17.1. The van der Waals surface area contributed by atoms with Crippen LogP contribution in [0, 0.1) is 0 Å². The van der Waals surface area contributed by atoms with Crippen LogP contribution < -0.4 is 10.6 Å². The molecule has 0 radical (unpaired) electrons. The largest absolute Gasteiger partial charge is 0.395 e. The first-order chi connectivity index (χ1) is 9.72. The van der Waals surface area contributed by atoms with Crippen molar-refractivity contribution in [1.82, 2.24) is 10.6 Å². The molecule has 1 aliphatic heterocycles. The Morgan fingerprint density at radius 3 is 2.80 bits per heavy atom. The van der Waals surface area contributed by atoms with E-state index in [1.807, 2.05) is 24.3 Å². The molecule has 0 fully saturated rings. The summed E-state index contributed by atoms with van der Waals surface area (Å²) in [6.07, 6.45) is 0.631. The fourth-order valence-corrected chi connectivity index (χ4v) is 2.16. The van der Waals surface area contributed by atoms with Crippen molar-refractivity contribution in [1.29, 1.82) is 0 Å². The predicted molar refractivity (Wildman–Crippen MR) is 71.9 cm³/mol. The Balaban J connectivity index is 1.89. The van der Waals surface area contributed by atoms with Gasteiger partial charge in [-0.3, -0.25) is 9.59 Å². The first-order valence-corrected chi connectivity index (χ1v) is 6.58. The standard InChI is InChI=1S/C14H18N2O4/c17-7-6-15-13(18)14(19)16-9-12-11-4-2-1-3-10(11)5-8-20-12/h1-4,12,17H,5-9H2,(H,15,18)(H,16,19)/t12-/m0/s1. The zero-order chi connectivity index (χ0) is 14.4. The van der Waals surface area contributed by atoms with Crippen molar-refractivity contribution in [2.45, 2.75) is 12.5 Å². The van der Waals surface area contributed by atoms with Crippen molar-refractivity contribution >= 4 is 11.8 Å². The number of aliphatic hydroxyl groups is 1. The molecular formula is C14H18N2O4. The van der Waals surface area contributed by atoms with E-state index in [1.165, 1.54) is 5.56 Å². The van der Waals surface area contributed by atoms with E-state index >= 15 is 0 Å². The van der Waals surface area contributed by atoms with Crippen LogP contribution in [0.1, 0.15) is 17.2 Å². The van der Waals surface area contributed by atoms with Gasteiger partial charge < -0.3 is 20.5 Å². The average molecular weight is 278 g/mol. The van der Waals surface area contributed by atoms with E-state index in [1.54, 1.807) is 0 Å². The van der Waals surface area contributed by atoms with Crippen LogP contribution in [-0.4, -0.2) is 43.2 Å². The van der Waals surface area contributed by atoms with Gasteiger partial charge in [0.25, 0.3) is 0 Å². The minimum atomic E-state index is -0.747. The molecule has 0 aliphatic carbocycles. The summed E-state index contributed by atoms with van der Waals surface area (Å²) in [5, 5.41) is 13.4. The summed E-state index contributed by atoms with van der Waals surface area (Å²) in [5.41, 5.74) is 2.26. The topological polar surface area (TPSA) is 87.7 Å². The van der Waals surface area contributed by atoms with Crippen molar-refractivity contribution < 1.29 is 19.4 Å². The van der Waals surface area contributed by atoms with Crippen molar-refractivity contribution in [3.63, 3.8) is 0 Å². The van der Waals surface area contributed by atoms with Crippen LogP contribution in [0.4, 0.5) is 0 Å². The van der Waals surface area contributed by atoms with Gasteiger partial charge in [0.05, 0.1) is 13.2 Å². The minimum Gasteiger partial charge on any atom is -0.395 e. The number of amides is 2. The Labute approximate surface area is 117 Å². The van der Waals surface area contributed by atoms with E-state index in [9.17, 15) is 9.59 Å². The summed E-state index contributed by atoms with van der Waals surface area (Å²) in [5.74, 6) is -1.46. The molecule has 0 unspecified atom stereocenters. The highest BCUT2D eigenvalue weighted by molar-refractivity contribution is 6.35. The van der Waals surface area contributed by atoms with Gasteiger partial charge in [-0.1, -0.05) is 24.3 Å². The molecule has 6 heteroatoms. The quantitative estimate of drug-likeness (QED) is 0.650. The van der Waals surface area contributed by atoms with Gasteiger partial charge in [0.1, 0.15) is 6.10 Å². The predicted octanol–water partition coefficient (Wildman–Crippen LogP) is -0.475. The maximum Gasteiger partial charge on any atom is 0.309 e. The molecule has 1 aliphatic rings. The van der Waals surface area contributed by atoms with Gasteiger partial charge in [0.15, 0.2) is 0 Å². The molecule has 1 atom stereocenters. The summed E-state index contributed by atoms with van der Waals surface area (Å²) in [6, 6.07) is 7.91. The molecule has 0 bridgehead atoms. The summed E-state index contributed by atoms with van der Waals surface area (Å²) >= 11 is 0. The lowest BCUT2D eigenvalue weighted by Crippen LogP contribution is -2.42. The molecule has 1 heterocycles. The van der Waals surface area contributed by atoms with Gasteiger partial charge in [-0.2, -0.15) is 0 Å². The van der Waals surface area contributed by atoms with Gasteiger partial charge in [0.2, 0.25) is 0 Å². The van der Waals surface area contributed by atoms with Crippen molar-refractivity contribution in [3.05, 3.63) is 35.4 Å². The number of benzene rings is 1. The van der Waals surface area contributed by atoms with E-state index in [0.717, 1.165) is 12.0 Å². The molecule has 2 rings (SSSR count). The van der Waals surface area contributed by atoms with Crippen LogP contribution in [0.25, 0.3) is 0 Å². The third-order valence-corrected chi connectivity index (χ3v) is 3.14. The van der Waals surface area contributed by atoms with Crippen LogP contribution in [0.3, 0.4) is 0 Å². The molecule has 0 aromatic heterocycles. The van der Waals surface area contributed by atoms with E-state index in [2.05, 4.69) is 10.6 Å². The molecule has 0 saturated carbocycles. The lowest BCUT2D eigenvalue weighted by molar-refractivity contribution is -0.139. The summed E-state index contributed by atoms with van der Waals surface area (Å²) in [7, 11) is 0. The second-order valence-corrected chi connectivity index (χ2v) is 4.50. The third-order valence-electron chi connectivity index (χ3n) is 3.14. The molecule has 0 saturated heterocycles. The third kappa shape index (κ3) is 3.55. The molecule has 1 aromatic rings. The molecule has 6 nitrogen and oxygen atoms in total. The number of rotatable bonds is 4. The van der Waals surface area contributed by atoms with Crippen LogP contribution in [0.15, 0.2) is 24.3 Å². The molecule has 2 amide bonds. The number of ether oxygens (including phenoxy) is 1. The summed E-state index contributed by atoms with van der Waals surface area (Å²) in [4.78, 5) is 22.9. The monoisotopic (exact) mass is 278 g/mol. The van der Waals surface area contributed by atoms with Gasteiger partial charge in [-0.05, 0) is 17.5 Å². The van der Waals surface area contributed by atoms with Crippen LogP contribution >= 0.6 is 0 Å².